The number of alkyl halides is 3. The number of halogens is 3. The molecule has 1 aliphatic carbocycles. The molecule has 0 atom stereocenters. The summed E-state index contributed by atoms with van der Waals surface area (Å²) >= 11 is 0. The van der Waals surface area contributed by atoms with Crippen molar-refractivity contribution in [3.05, 3.63) is 90.8 Å². The van der Waals surface area contributed by atoms with E-state index in [9.17, 15) is 13.2 Å². The van der Waals surface area contributed by atoms with Crippen molar-refractivity contribution in [1.29, 1.82) is 0 Å². The third-order valence-electron chi connectivity index (χ3n) is 7.62. The maximum atomic E-state index is 13.1. The molecular formula is C29H27F3N6. The molecule has 0 radical (unpaired) electrons. The van der Waals surface area contributed by atoms with Gasteiger partial charge in [-0.2, -0.15) is 18.3 Å². The van der Waals surface area contributed by atoms with Gasteiger partial charge < -0.3 is 10.2 Å². The summed E-state index contributed by atoms with van der Waals surface area (Å²) in [6.07, 6.45) is 8.18. The highest BCUT2D eigenvalue weighted by atomic mass is 19.4. The zero-order chi connectivity index (χ0) is 26.5. The van der Waals surface area contributed by atoms with Gasteiger partial charge in [0.15, 0.2) is 0 Å². The van der Waals surface area contributed by atoms with Crippen LogP contribution >= 0.6 is 0 Å². The number of rotatable bonds is 6. The largest absolute Gasteiger partial charge is 0.433 e. The van der Waals surface area contributed by atoms with Crippen LogP contribution in [0.3, 0.4) is 0 Å². The minimum Gasteiger partial charge on any atom is -0.369 e. The van der Waals surface area contributed by atoms with Gasteiger partial charge in [-0.15, -0.1) is 0 Å². The summed E-state index contributed by atoms with van der Waals surface area (Å²) < 4.78 is 41.0. The molecule has 38 heavy (non-hydrogen) atoms. The van der Waals surface area contributed by atoms with Gasteiger partial charge in [0.2, 0.25) is 0 Å². The number of nitrogens with one attached hydrogen (secondary N) is 1. The molecule has 9 heteroatoms. The molecule has 0 unspecified atom stereocenters. The molecular weight excluding hydrogens is 489 g/mol. The first kappa shape index (κ1) is 24.2. The lowest BCUT2D eigenvalue weighted by molar-refractivity contribution is -0.141. The van der Waals surface area contributed by atoms with Crippen molar-refractivity contribution in [1.82, 2.24) is 19.7 Å². The van der Waals surface area contributed by atoms with E-state index in [-0.39, 0.29) is 0 Å². The van der Waals surface area contributed by atoms with E-state index in [1.165, 1.54) is 25.3 Å². The predicted molar refractivity (Wildman–Crippen MR) is 142 cm³/mol. The fourth-order valence-corrected chi connectivity index (χ4v) is 5.25. The van der Waals surface area contributed by atoms with Crippen LogP contribution in [0.1, 0.15) is 36.1 Å². The van der Waals surface area contributed by atoms with E-state index >= 15 is 0 Å². The highest BCUT2D eigenvalue weighted by molar-refractivity contribution is 5.76. The zero-order valence-electron chi connectivity index (χ0n) is 21.0. The minimum atomic E-state index is -4.52. The Morgan fingerprint density at radius 3 is 2.58 bits per heavy atom. The number of hydrogen-bond acceptors (Lipinski definition) is 5. The molecule has 1 aliphatic heterocycles. The normalized spacial score (nSPS) is 16.2. The van der Waals surface area contributed by atoms with Crippen molar-refractivity contribution in [2.75, 3.05) is 23.3 Å². The van der Waals surface area contributed by atoms with Crippen LogP contribution in [0.5, 0.6) is 0 Å². The Balaban J connectivity index is 1.20. The van der Waals surface area contributed by atoms with Crippen LogP contribution in [0, 0.1) is 12.3 Å². The summed E-state index contributed by atoms with van der Waals surface area (Å²) in [5, 5.41) is 7.70. The van der Waals surface area contributed by atoms with Gasteiger partial charge in [0, 0.05) is 65.2 Å². The lowest BCUT2D eigenvalue weighted by Crippen LogP contribution is -2.59. The van der Waals surface area contributed by atoms with Gasteiger partial charge >= 0.3 is 6.18 Å². The molecule has 1 saturated heterocycles. The van der Waals surface area contributed by atoms with Crippen LogP contribution in [0.2, 0.25) is 0 Å². The molecule has 1 spiro atoms. The van der Waals surface area contributed by atoms with Crippen molar-refractivity contribution in [2.24, 2.45) is 5.41 Å². The molecule has 4 heterocycles. The van der Waals surface area contributed by atoms with Gasteiger partial charge in [0.25, 0.3) is 0 Å². The Hall–Kier alpha value is -4.14. The zero-order valence-corrected chi connectivity index (χ0v) is 21.0. The Morgan fingerprint density at radius 2 is 1.84 bits per heavy atom. The highest BCUT2D eigenvalue weighted by Gasteiger charge is 2.47. The van der Waals surface area contributed by atoms with Crippen LogP contribution in [-0.4, -0.2) is 32.8 Å². The first-order valence-electron chi connectivity index (χ1n) is 12.5. The predicted octanol–water partition coefficient (Wildman–Crippen LogP) is 6.73. The van der Waals surface area contributed by atoms with Crippen molar-refractivity contribution in [2.45, 2.75) is 32.4 Å². The van der Waals surface area contributed by atoms with Gasteiger partial charge in [-0.1, -0.05) is 19.1 Å². The van der Waals surface area contributed by atoms with Crippen molar-refractivity contribution < 1.29 is 13.2 Å². The molecule has 0 bridgehead atoms. The lowest BCUT2D eigenvalue weighted by atomic mass is 9.63. The van der Waals surface area contributed by atoms with Gasteiger partial charge in [-0.05, 0) is 55.7 Å². The van der Waals surface area contributed by atoms with Gasteiger partial charge in [-0.3, -0.25) is 9.97 Å². The fraction of sp³-hybridized carbons (Fsp3) is 0.276. The SMILES string of the molecule is C=C(Nc1ccc(C)c(-n2cc(-c3cncc(N4CC5(CCC5)C4)c3)cn2)c1)c1ccnc(C(F)(F)F)c1. The maximum Gasteiger partial charge on any atom is 0.433 e. The summed E-state index contributed by atoms with van der Waals surface area (Å²) in [6, 6.07) is 10.3. The Morgan fingerprint density at radius 1 is 1.03 bits per heavy atom. The molecule has 2 fully saturated rings. The molecule has 0 amide bonds. The quantitative estimate of drug-likeness (QED) is 0.308. The van der Waals surface area contributed by atoms with Gasteiger partial charge in [0.05, 0.1) is 23.8 Å². The smallest absolute Gasteiger partial charge is 0.369 e. The lowest BCUT2D eigenvalue weighted by Gasteiger charge is -2.56. The van der Waals surface area contributed by atoms with E-state index in [1.807, 2.05) is 49.9 Å². The monoisotopic (exact) mass is 516 g/mol. The molecule has 6 nitrogen and oxygen atoms in total. The van der Waals surface area contributed by atoms with E-state index in [0.717, 1.165) is 53.4 Å². The van der Waals surface area contributed by atoms with Crippen LogP contribution in [0.15, 0.2) is 74.0 Å². The first-order chi connectivity index (χ1) is 18.2. The maximum absolute atomic E-state index is 13.1. The second-order valence-electron chi connectivity index (χ2n) is 10.3. The van der Waals surface area contributed by atoms with Crippen molar-refractivity contribution >= 4 is 17.1 Å². The Kier molecular flexibility index (Phi) is 5.74. The second kappa shape index (κ2) is 9.01. The Bertz CT molecular complexity index is 1510. The molecule has 6 rings (SSSR count). The van der Waals surface area contributed by atoms with Gasteiger partial charge in [-0.25, -0.2) is 4.68 Å². The molecule has 2 aliphatic rings. The molecule has 4 aromatic rings. The van der Waals surface area contributed by atoms with E-state index in [4.69, 9.17) is 0 Å². The summed E-state index contributed by atoms with van der Waals surface area (Å²) in [5.74, 6) is 0. The third-order valence-corrected chi connectivity index (χ3v) is 7.62. The number of anilines is 2. The average Bonchev–Trinajstić information content (AvgIpc) is 3.33. The van der Waals surface area contributed by atoms with Crippen LogP contribution in [0.25, 0.3) is 22.5 Å². The molecule has 194 valence electrons. The molecule has 3 aromatic heterocycles. The molecule has 1 saturated carbocycles. The van der Waals surface area contributed by atoms with E-state index in [1.54, 1.807) is 4.68 Å². The number of pyridine rings is 2. The van der Waals surface area contributed by atoms with Crippen molar-refractivity contribution in [3.63, 3.8) is 0 Å². The Labute approximate surface area is 218 Å². The average molecular weight is 517 g/mol. The van der Waals surface area contributed by atoms with E-state index in [2.05, 4.69) is 37.9 Å². The van der Waals surface area contributed by atoms with Crippen LogP contribution in [0.4, 0.5) is 24.5 Å². The van der Waals surface area contributed by atoms with Crippen LogP contribution < -0.4 is 10.2 Å². The number of hydrogen-bond donors (Lipinski definition) is 1. The molecule has 1 N–H and O–H groups in total. The minimum absolute atomic E-state index is 0.314. The summed E-state index contributed by atoms with van der Waals surface area (Å²) in [6.45, 7) is 8.13. The van der Waals surface area contributed by atoms with Crippen LogP contribution in [-0.2, 0) is 6.18 Å². The van der Waals surface area contributed by atoms with Gasteiger partial charge in [0.1, 0.15) is 5.69 Å². The second-order valence-corrected chi connectivity index (χ2v) is 10.3. The first-order valence-corrected chi connectivity index (χ1v) is 12.5. The van der Waals surface area contributed by atoms with E-state index in [0.29, 0.717) is 22.4 Å². The number of benzene rings is 1. The van der Waals surface area contributed by atoms with Crippen molar-refractivity contribution in [3.8, 4) is 16.8 Å². The third kappa shape index (κ3) is 4.53. The summed E-state index contributed by atoms with van der Waals surface area (Å²) in [5.41, 5.74) is 5.86. The number of nitrogens with zero attached hydrogens (tertiary/aromatic N) is 5. The number of aryl methyl sites for hydroxylation is 1. The van der Waals surface area contributed by atoms with E-state index < -0.39 is 11.9 Å². The fourth-order valence-electron chi connectivity index (χ4n) is 5.25. The summed E-state index contributed by atoms with van der Waals surface area (Å²) in [4.78, 5) is 10.3. The summed E-state index contributed by atoms with van der Waals surface area (Å²) in [7, 11) is 0. The standard InChI is InChI=1S/C29H27F3N6/c1-19-4-5-24(36-20(2)21-6-9-34-27(11-21)29(30,31)32)12-26(19)38-16-23(14-35-38)22-10-25(15-33-13-22)37-17-28(18-37)7-3-8-28/h4-6,9-16,36H,2-3,7-8,17-18H2,1H3. The highest BCUT2D eigenvalue weighted by Crippen LogP contribution is 2.49. The number of aromatic nitrogens is 4. The topological polar surface area (TPSA) is 58.9 Å². The molecule has 1 aromatic carbocycles.